The topological polar surface area (TPSA) is 41.6 Å². The lowest BCUT2D eigenvalue weighted by atomic mass is 10.2. The number of hydrogen-bond acceptors (Lipinski definition) is 2. The average Bonchev–Trinajstić information content (AvgIpc) is 2.55. The molecule has 0 saturated heterocycles. The Morgan fingerprint density at radius 3 is 3.06 bits per heavy atom. The molecule has 0 bridgehead atoms. The van der Waals surface area contributed by atoms with Crippen LogP contribution in [0.5, 0.6) is 0 Å². The first-order chi connectivity index (χ1) is 7.61. The standard InChI is InChI=1S/C12H10ClN3/c1-8(6-14)7-16-9(2)11-4-3-10(13)5-12(11)15-16/h3-5H,1,7H2,2H3. The fraction of sp³-hybridized carbons (Fsp3) is 0.167. The molecule has 2 aromatic rings. The number of hydrogen-bond donors (Lipinski definition) is 0. The average molecular weight is 232 g/mol. The van der Waals surface area contributed by atoms with E-state index in [2.05, 4.69) is 11.7 Å². The molecule has 4 heteroatoms. The number of halogens is 1. The highest BCUT2D eigenvalue weighted by molar-refractivity contribution is 6.31. The molecular weight excluding hydrogens is 222 g/mol. The number of nitrogens with zero attached hydrogens (tertiary/aromatic N) is 3. The van der Waals surface area contributed by atoms with E-state index >= 15 is 0 Å². The van der Waals surface area contributed by atoms with Crippen LogP contribution in [0.3, 0.4) is 0 Å². The van der Waals surface area contributed by atoms with Crippen molar-refractivity contribution in [3.05, 3.63) is 41.1 Å². The molecule has 0 fully saturated rings. The predicted octanol–water partition coefficient (Wildman–Crippen LogP) is 3.08. The first kappa shape index (κ1) is 10.7. The highest BCUT2D eigenvalue weighted by Gasteiger charge is 2.08. The van der Waals surface area contributed by atoms with Gasteiger partial charge in [-0.05, 0) is 25.1 Å². The van der Waals surface area contributed by atoms with E-state index in [1.165, 1.54) is 0 Å². The summed E-state index contributed by atoms with van der Waals surface area (Å²) in [4.78, 5) is 0. The molecule has 0 saturated carbocycles. The van der Waals surface area contributed by atoms with Crippen molar-refractivity contribution in [2.75, 3.05) is 0 Å². The van der Waals surface area contributed by atoms with Crippen LogP contribution in [-0.4, -0.2) is 9.78 Å². The Hall–Kier alpha value is -1.79. The van der Waals surface area contributed by atoms with Crippen molar-refractivity contribution in [1.82, 2.24) is 9.78 Å². The van der Waals surface area contributed by atoms with Gasteiger partial charge in [-0.15, -0.1) is 0 Å². The van der Waals surface area contributed by atoms with Crippen molar-refractivity contribution in [3.8, 4) is 6.07 Å². The van der Waals surface area contributed by atoms with E-state index < -0.39 is 0 Å². The molecule has 0 spiro atoms. The Kier molecular flexibility index (Phi) is 2.67. The summed E-state index contributed by atoms with van der Waals surface area (Å²) in [7, 11) is 0. The molecule has 2 rings (SSSR count). The first-order valence-corrected chi connectivity index (χ1v) is 5.20. The van der Waals surface area contributed by atoms with E-state index in [-0.39, 0.29) is 0 Å². The molecule has 1 heterocycles. The fourth-order valence-corrected chi connectivity index (χ4v) is 1.77. The summed E-state index contributed by atoms with van der Waals surface area (Å²) in [6, 6.07) is 7.60. The summed E-state index contributed by atoms with van der Waals surface area (Å²) in [5.74, 6) is 0. The van der Waals surface area contributed by atoms with Gasteiger partial charge in [-0.25, -0.2) is 0 Å². The van der Waals surface area contributed by atoms with Gasteiger partial charge in [-0.1, -0.05) is 18.2 Å². The Bertz CT molecular complexity index is 604. The van der Waals surface area contributed by atoms with Gasteiger partial charge in [0, 0.05) is 21.7 Å². The molecule has 0 aliphatic rings. The SMILES string of the molecule is C=C(C#N)Cn1nc2cc(Cl)ccc2c1C. The van der Waals surface area contributed by atoms with Crippen molar-refractivity contribution in [3.63, 3.8) is 0 Å². The van der Waals surface area contributed by atoms with E-state index in [9.17, 15) is 0 Å². The van der Waals surface area contributed by atoms with Crippen LogP contribution in [0.2, 0.25) is 5.02 Å². The molecule has 80 valence electrons. The smallest absolute Gasteiger partial charge is 0.0960 e. The number of nitriles is 1. The van der Waals surface area contributed by atoms with Crippen molar-refractivity contribution >= 4 is 22.5 Å². The minimum Gasteiger partial charge on any atom is -0.264 e. The van der Waals surface area contributed by atoms with E-state index in [1.807, 2.05) is 31.2 Å². The Morgan fingerprint density at radius 1 is 1.62 bits per heavy atom. The molecule has 0 aliphatic heterocycles. The molecule has 0 atom stereocenters. The highest BCUT2D eigenvalue weighted by atomic mass is 35.5. The summed E-state index contributed by atoms with van der Waals surface area (Å²) < 4.78 is 1.77. The van der Waals surface area contributed by atoms with Gasteiger partial charge in [0.25, 0.3) is 0 Å². The molecule has 3 nitrogen and oxygen atoms in total. The summed E-state index contributed by atoms with van der Waals surface area (Å²) in [5, 5.41) is 14.8. The third-order valence-electron chi connectivity index (χ3n) is 2.46. The van der Waals surface area contributed by atoms with Crippen LogP contribution in [0.4, 0.5) is 0 Å². The molecule has 0 aliphatic carbocycles. The second-order valence-electron chi connectivity index (χ2n) is 3.62. The second-order valence-corrected chi connectivity index (χ2v) is 4.06. The minimum atomic E-state index is 0.425. The zero-order valence-electron chi connectivity index (χ0n) is 8.87. The summed E-state index contributed by atoms with van der Waals surface area (Å²) in [6.07, 6.45) is 0. The van der Waals surface area contributed by atoms with Gasteiger partial charge in [0.1, 0.15) is 0 Å². The monoisotopic (exact) mass is 231 g/mol. The largest absolute Gasteiger partial charge is 0.264 e. The van der Waals surface area contributed by atoms with E-state index in [1.54, 1.807) is 4.68 Å². The Balaban J connectivity index is 2.52. The molecule has 1 aromatic heterocycles. The maximum atomic E-state index is 8.69. The third kappa shape index (κ3) is 1.80. The van der Waals surface area contributed by atoms with Gasteiger partial charge in [-0.2, -0.15) is 10.4 Å². The normalized spacial score (nSPS) is 10.3. The highest BCUT2D eigenvalue weighted by Crippen LogP contribution is 2.21. The Labute approximate surface area is 98.6 Å². The minimum absolute atomic E-state index is 0.425. The summed E-state index contributed by atoms with van der Waals surface area (Å²) in [6.45, 7) is 6.04. The summed E-state index contributed by atoms with van der Waals surface area (Å²) in [5.41, 5.74) is 2.35. The number of fused-ring (bicyclic) bond motifs is 1. The van der Waals surface area contributed by atoms with Crippen LogP contribution in [0.1, 0.15) is 5.69 Å². The second kappa shape index (κ2) is 3.99. The predicted molar refractivity (Wildman–Crippen MR) is 64.2 cm³/mol. The zero-order valence-corrected chi connectivity index (χ0v) is 9.62. The molecule has 1 aromatic carbocycles. The molecule has 0 amide bonds. The van der Waals surface area contributed by atoms with E-state index in [4.69, 9.17) is 16.9 Å². The van der Waals surface area contributed by atoms with E-state index in [0.29, 0.717) is 17.1 Å². The van der Waals surface area contributed by atoms with Gasteiger partial charge >= 0.3 is 0 Å². The van der Waals surface area contributed by atoms with Crippen molar-refractivity contribution in [2.24, 2.45) is 0 Å². The first-order valence-electron chi connectivity index (χ1n) is 4.82. The number of benzene rings is 1. The maximum absolute atomic E-state index is 8.69. The molecule has 0 N–H and O–H groups in total. The lowest BCUT2D eigenvalue weighted by molar-refractivity contribution is 0.675. The number of rotatable bonds is 2. The third-order valence-corrected chi connectivity index (χ3v) is 2.70. The van der Waals surface area contributed by atoms with Crippen molar-refractivity contribution in [1.29, 1.82) is 5.26 Å². The van der Waals surface area contributed by atoms with Crippen molar-refractivity contribution < 1.29 is 0 Å². The van der Waals surface area contributed by atoms with Gasteiger partial charge in [-0.3, -0.25) is 4.68 Å². The molecular formula is C12H10ClN3. The van der Waals surface area contributed by atoms with Gasteiger partial charge in [0.2, 0.25) is 0 Å². The van der Waals surface area contributed by atoms with Gasteiger partial charge in [0.15, 0.2) is 0 Å². The lowest BCUT2D eigenvalue weighted by Crippen LogP contribution is -2.03. The van der Waals surface area contributed by atoms with Crippen molar-refractivity contribution in [2.45, 2.75) is 13.5 Å². The zero-order chi connectivity index (χ0) is 11.7. The molecule has 0 radical (unpaired) electrons. The number of aryl methyl sites for hydroxylation is 1. The summed E-state index contributed by atoms with van der Waals surface area (Å²) >= 11 is 5.89. The number of aromatic nitrogens is 2. The fourth-order valence-electron chi connectivity index (χ4n) is 1.61. The van der Waals surface area contributed by atoms with Crippen LogP contribution < -0.4 is 0 Å². The molecule has 0 unspecified atom stereocenters. The van der Waals surface area contributed by atoms with Crippen LogP contribution in [0.15, 0.2) is 30.4 Å². The van der Waals surface area contributed by atoms with Crippen LogP contribution >= 0.6 is 11.6 Å². The van der Waals surface area contributed by atoms with E-state index in [0.717, 1.165) is 16.6 Å². The van der Waals surface area contributed by atoms with Crippen LogP contribution in [0, 0.1) is 18.3 Å². The Morgan fingerprint density at radius 2 is 2.38 bits per heavy atom. The lowest BCUT2D eigenvalue weighted by Gasteiger charge is -2.00. The number of allylic oxidation sites excluding steroid dienone is 1. The maximum Gasteiger partial charge on any atom is 0.0960 e. The molecule has 16 heavy (non-hydrogen) atoms. The van der Waals surface area contributed by atoms with Crippen LogP contribution in [-0.2, 0) is 6.54 Å². The van der Waals surface area contributed by atoms with Crippen LogP contribution in [0.25, 0.3) is 10.9 Å². The van der Waals surface area contributed by atoms with Gasteiger partial charge < -0.3 is 0 Å². The quantitative estimate of drug-likeness (QED) is 0.746. The van der Waals surface area contributed by atoms with Gasteiger partial charge in [0.05, 0.1) is 18.1 Å².